The van der Waals surface area contributed by atoms with Crippen LogP contribution in [-0.4, -0.2) is 23.9 Å². The first-order valence-electron chi connectivity index (χ1n) is 11.8. The number of phenolic OH excluding ortho intramolecular Hbond substituents is 1. The van der Waals surface area contributed by atoms with Crippen molar-refractivity contribution in [2.45, 2.75) is 0 Å². The fraction of sp³-hybridized carbons (Fsp3) is 0.0625. The van der Waals surface area contributed by atoms with Crippen molar-refractivity contribution < 1.29 is 14.6 Å². The molecular formula is C32H25NO3. The van der Waals surface area contributed by atoms with Crippen molar-refractivity contribution >= 4 is 21.8 Å². The lowest BCUT2D eigenvalue weighted by Crippen LogP contribution is -1.93. The number of methoxy groups -OCH3 is 2. The highest BCUT2D eigenvalue weighted by atomic mass is 16.5. The van der Waals surface area contributed by atoms with E-state index in [9.17, 15) is 5.11 Å². The van der Waals surface area contributed by atoms with E-state index in [1.165, 1.54) is 10.8 Å². The summed E-state index contributed by atoms with van der Waals surface area (Å²) in [4.78, 5) is 0. The highest BCUT2D eigenvalue weighted by Crippen LogP contribution is 2.37. The van der Waals surface area contributed by atoms with Crippen molar-refractivity contribution in [3.05, 3.63) is 109 Å². The number of phenols is 1. The summed E-state index contributed by atoms with van der Waals surface area (Å²) in [6.45, 7) is 0. The molecule has 5 aromatic carbocycles. The minimum atomic E-state index is 0.253. The summed E-state index contributed by atoms with van der Waals surface area (Å²) in [6.07, 6.45) is 0. The topological polar surface area (TPSA) is 43.6 Å². The van der Waals surface area contributed by atoms with E-state index in [0.29, 0.717) is 0 Å². The Kier molecular flexibility index (Phi) is 5.34. The zero-order valence-corrected chi connectivity index (χ0v) is 20.1. The van der Waals surface area contributed by atoms with Gasteiger partial charge in [-0.05, 0) is 95.1 Å². The summed E-state index contributed by atoms with van der Waals surface area (Å²) in [6, 6.07) is 36.8. The molecule has 0 spiro atoms. The summed E-state index contributed by atoms with van der Waals surface area (Å²) in [7, 11) is 3.36. The molecule has 4 nitrogen and oxygen atoms in total. The Bertz CT molecular complexity index is 1570. The standard InChI is InChI=1S/C32H25NO3/c1-35-27-13-3-21(4-14-27)23-7-17-31-29(19-23)30-20-24(22-5-15-28(36-2)16-6-22)8-18-32(30)33(31)25-9-11-26(34)12-10-25/h3-20,34H,1-2H3. The maximum Gasteiger partial charge on any atom is 0.118 e. The second-order valence-corrected chi connectivity index (χ2v) is 8.77. The second-order valence-electron chi connectivity index (χ2n) is 8.77. The molecule has 6 rings (SSSR count). The molecule has 1 N–H and O–H groups in total. The van der Waals surface area contributed by atoms with E-state index in [1.54, 1.807) is 26.4 Å². The second kappa shape index (κ2) is 8.82. The molecule has 1 aromatic heterocycles. The normalized spacial score (nSPS) is 11.2. The van der Waals surface area contributed by atoms with Crippen molar-refractivity contribution in [3.8, 4) is 45.2 Å². The Morgan fingerprint density at radius 1 is 0.500 bits per heavy atom. The third kappa shape index (κ3) is 3.73. The Labute approximate surface area is 209 Å². The Morgan fingerprint density at radius 3 is 1.33 bits per heavy atom. The van der Waals surface area contributed by atoms with Crippen LogP contribution in [0.2, 0.25) is 0 Å². The number of fused-ring (bicyclic) bond motifs is 3. The molecule has 1 heterocycles. The highest BCUT2D eigenvalue weighted by Gasteiger charge is 2.15. The molecule has 0 saturated carbocycles. The number of hydrogen-bond donors (Lipinski definition) is 1. The molecule has 4 heteroatoms. The van der Waals surface area contributed by atoms with Crippen LogP contribution in [0, 0.1) is 0 Å². The SMILES string of the molecule is COc1ccc(-c2ccc3c(c2)c2cc(-c4ccc(OC)cc4)ccc2n3-c2ccc(O)cc2)cc1. The molecule has 0 radical (unpaired) electrons. The van der Waals surface area contributed by atoms with E-state index in [-0.39, 0.29) is 5.75 Å². The largest absolute Gasteiger partial charge is 0.508 e. The van der Waals surface area contributed by atoms with Crippen LogP contribution in [0.4, 0.5) is 0 Å². The Hall–Kier alpha value is -4.70. The lowest BCUT2D eigenvalue weighted by Gasteiger charge is -2.09. The van der Waals surface area contributed by atoms with Crippen LogP contribution in [0.3, 0.4) is 0 Å². The van der Waals surface area contributed by atoms with Crippen molar-refractivity contribution in [1.29, 1.82) is 0 Å². The first-order valence-corrected chi connectivity index (χ1v) is 11.8. The van der Waals surface area contributed by atoms with Gasteiger partial charge in [0, 0.05) is 16.5 Å². The average Bonchev–Trinajstić information content (AvgIpc) is 3.26. The Balaban J connectivity index is 1.58. The van der Waals surface area contributed by atoms with Gasteiger partial charge in [-0.2, -0.15) is 0 Å². The maximum atomic E-state index is 9.85. The third-order valence-corrected chi connectivity index (χ3v) is 6.72. The molecule has 0 saturated heterocycles. The smallest absolute Gasteiger partial charge is 0.118 e. The summed E-state index contributed by atoms with van der Waals surface area (Å²) in [5.41, 5.74) is 7.78. The van der Waals surface area contributed by atoms with Crippen LogP contribution in [0.5, 0.6) is 17.2 Å². The number of ether oxygens (including phenoxy) is 2. The van der Waals surface area contributed by atoms with Crippen molar-refractivity contribution in [3.63, 3.8) is 0 Å². The zero-order chi connectivity index (χ0) is 24.6. The van der Waals surface area contributed by atoms with Crippen LogP contribution in [0.15, 0.2) is 109 Å². The van der Waals surface area contributed by atoms with Crippen LogP contribution in [0.1, 0.15) is 0 Å². The number of rotatable bonds is 5. The van der Waals surface area contributed by atoms with Gasteiger partial charge in [0.1, 0.15) is 17.2 Å². The van der Waals surface area contributed by atoms with Crippen molar-refractivity contribution in [1.82, 2.24) is 4.57 Å². The molecule has 6 aromatic rings. The molecule has 0 atom stereocenters. The van der Waals surface area contributed by atoms with Gasteiger partial charge in [-0.1, -0.05) is 36.4 Å². The molecule has 0 unspecified atom stereocenters. The van der Waals surface area contributed by atoms with Gasteiger partial charge in [-0.3, -0.25) is 0 Å². The van der Waals surface area contributed by atoms with Crippen molar-refractivity contribution in [2.24, 2.45) is 0 Å². The minimum Gasteiger partial charge on any atom is -0.508 e. The maximum absolute atomic E-state index is 9.85. The molecule has 0 fully saturated rings. The third-order valence-electron chi connectivity index (χ3n) is 6.72. The summed E-state index contributed by atoms with van der Waals surface area (Å²) in [5.74, 6) is 1.93. The molecule has 0 aliphatic rings. The Morgan fingerprint density at radius 2 is 0.917 bits per heavy atom. The van der Waals surface area contributed by atoms with Crippen LogP contribution in [0.25, 0.3) is 49.7 Å². The number of aromatic hydroxyl groups is 1. The van der Waals surface area contributed by atoms with Gasteiger partial charge in [0.05, 0.1) is 25.3 Å². The minimum absolute atomic E-state index is 0.253. The highest BCUT2D eigenvalue weighted by molar-refractivity contribution is 6.11. The van der Waals surface area contributed by atoms with Crippen LogP contribution >= 0.6 is 0 Å². The van der Waals surface area contributed by atoms with Gasteiger partial charge in [-0.25, -0.2) is 0 Å². The first-order chi connectivity index (χ1) is 17.6. The van der Waals surface area contributed by atoms with Gasteiger partial charge in [0.15, 0.2) is 0 Å². The van der Waals surface area contributed by atoms with Crippen LogP contribution in [-0.2, 0) is 0 Å². The molecule has 0 amide bonds. The predicted molar refractivity (Wildman–Crippen MR) is 146 cm³/mol. The lowest BCUT2D eigenvalue weighted by molar-refractivity contribution is 0.415. The van der Waals surface area contributed by atoms with Gasteiger partial charge >= 0.3 is 0 Å². The lowest BCUT2D eigenvalue weighted by atomic mass is 10.00. The summed E-state index contributed by atoms with van der Waals surface area (Å²) < 4.78 is 12.9. The fourth-order valence-electron chi connectivity index (χ4n) is 4.83. The van der Waals surface area contributed by atoms with E-state index < -0.39 is 0 Å². The van der Waals surface area contributed by atoms with Crippen LogP contribution < -0.4 is 9.47 Å². The van der Waals surface area contributed by atoms with E-state index >= 15 is 0 Å². The summed E-state index contributed by atoms with van der Waals surface area (Å²) in [5, 5.41) is 12.2. The van der Waals surface area contributed by atoms with Gasteiger partial charge in [-0.15, -0.1) is 0 Å². The van der Waals surface area contributed by atoms with E-state index in [1.807, 2.05) is 36.4 Å². The fourth-order valence-corrected chi connectivity index (χ4v) is 4.83. The molecule has 0 aliphatic carbocycles. The quantitative estimate of drug-likeness (QED) is 0.278. The number of hydrogen-bond acceptors (Lipinski definition) is 3. The predicted octanol–water partition coefficient (Wildman–Crippen LogP) is 7.84. The van der Waals surface area contributed by atoms with Gasteiger partial charge < -0.3 is 19.1 Å². The summed E-state index contributed by atoms with van der Waals surface area (Å²) >= 11 is 0. The molecule has 36 heavy (non-hydrogen) atoms. The number of aromatic nitrogens is 1. The van der Waals surface area contributed by atoms with Gasteiger partial charge in [0.25, 0.3) is 0 Å². The molecule has 0 aliphatic heterocycles. The van der Waals surface area contributed by atoms with E-state index in [0.717, 1.165) is 50.5 Å². The first kappa shape index (κ1) is 21.8. The zero-order valence-electron chi connectivity index (χ0n) is 20.1. The monoisotopic (exact) mass is 471 g/mol. The molecular weight excluding hydrogens is 446 g/mol. The number of nitrogens with zero attached hydrogens (tertiary/aromatic N) is 1. The van der Waals surface area contributed by atoms with Crippen molar-refractivity contribution in [2.75, 3.05) is 14.2 Å². The number of benzene rings is 5. The van der Waals surface area contributed by atoms with Gasteiger partial charge in [0.2, 0.25) is 0 Å². The average molecular weight is 472 g/mol. The molecule has 0 bridgehead atoms. The molecule has 176 valence electrons. The van der Waals surface area contributed by atoms with E-state index in [2.05, 4.69) is 65.2 Å². The van der Waals surface area contributed by atoms with E-state index in [4.69, 9.17) is 9.47 Å².